The van der Waals surface area contributed by atoms with Crippen LogP contribution >= 0.6 is 7.82 Å². The van der Waals surface area contributed by atoms with Crippen molar-refractivity contribution in [2.45, 2.75) is 13.3 Å². The van der Waals surface area contributed by atoms with Crippen LogP contribution in [0.15, 0.2) is 11.6 Å². The van der Waals surface area contributed by atoms with Gasteiger partial charge in [0.25, 0.3) is 0 Å². The Kier molecular flexibility index (Phi) is 4.87. The number of phosphoric ester groups is 1. The molecule has 3 N–H and O–H groups in total. The van der Waals surface area contributed by atoms with Crippen LogP contribution in [0.25, 0.3) is 0 Å². The van der Waals surface area contributed by atoms with Crippen LogP contribution in [-0.4, -0.2) is 27.5 Å². The monoisotopic (exact) mass is 210 g/mol. The summed E-state index contributed by atoms with van der Waals surface area (Å²) in [6.45, 7) is 1.19. The first-order valence-electron chi connectivity index (χ1n) is 3.43. The standard InChI is InChI=1S/C6H11O6P/c1-5(6(7)8)3-2-4-12-13(9,10)11/h3H,2,4H2,1H3,(H,7,8)(H2,9,10,11)/b5-3+. The number of hydrogen-bond donors (Lipinski definition) is 3. The minimum atomic E-state index is -4.43. The molecule has 0 aliphatic rings. The normalized spacial score (nSPS) is 13.0. The number of phosphoric acid groups is 1. The topological polar surface area (TPSA) is 104 Å². The van der Waals surface area contributed by atoms with Crippen molar-refractivity contribution >= 4 is 13.8 Å². The number of carbonyl (C=O) groups is 1. The lowest BCUT2D eigenvalue weighted by Crippen LogP contribution is -1.97. The number of rotatable bonds is 5. The largest absolute Gasteiger partial charge is 0.478 e. The highest BCUT2D eigenvalue weighted by Crippen LogP contribution is 2.35. The highest BCUT2D eigenvalue weighted by Gasteiger charge is 2.12. The summed E-state index contributed by atoms with van der Waals surface area (Å²) in [5.74, 6) is -1.06. The third-order valence-electron chi connectivity index (χ3n) is 1.17. The van der Waals surface area contributed by atoms with Crippen molar-refractivity contribution in [3.05, 3.63) is 11.6 Å². The number of carboxylic acids is 1. The van der Waals surface area contributed by atoms with E-state index in [9.17, 15) is 9.36 Å². The van der Waals surface area contributed by atoms with Crippen LogP contribution in [0.1, 0.15) is 13.3 Å². The molecule has 0 heterocycles. The maximum atomic E-state index is 10.2. The van der Waals surface area contributed by atoms with Gasteiger partial charge in [0.1, 0.15) is 0 Å². The van der Waals surface area contributed by atoms with Gasteiger partial charge in [-0.25, -0.2) is 9.36 Å². The summed E-state index contributed by atoms with van der Waals surface area (Å²) >= 11 is 0. The molecule has 7 heteroatoms. The van der Waals surface area contributed by atoms with Gasteiger partial charge in [-0.3, -0.25) is 4.52 Å². The fraction of sp³-hybridized carbons (Fsp3) is 0.500. The van der Waals surface area contributed by atoms with Crippen molar-refractivity contribution < 1.29 is 28.8 Å². The Hall–Kier alpha value is -0.680. The highest BCUT2D eigenvalue weighted by molar-refractivity contribution is 7.46. The first kappa shape index (κ1) is 12.3. The second kappa shape index (κ2) is 5.14. The van der Waals surface area contributed by atoms with Gasteiger partial charge >= 0.3 is 13.8 Å². The summed E-state index contributed by atoms with van der Waals surface area (Å²) < 4.78 is 14.2. The molecule has 0 atom stereocenters. The van der Waals surface area contributed by atoms with Gasteiger partial charge in [-0.2, -0.15) is 0 Å². The van der Waals surface area contributed by atoms with E-state index in [-0.39, 0.29) is 18.6 Å². The third-order valence-corrected chi connectivity index (χ3v) is 1.68. The first-order chi connectivity index (χ1) is 5.83. The lowest BCUT2D eigenvalue weighted by Gasteiger charge is -2.02. The van der Waals surface area contributed by atoms with Crippen molar-refractivity contribution in [1.29, 1.82) is 0 Å². The molecule has 0 aromatic rings. The zero-order chi connectivity index (χ0) is 10.5. The maximum Gasteiger partial charge on any atom is 0.469 e. The summed E-state index contributed by atoms with van der Waals surface area (Å²) in [7, 11) is -4.43. The van der Waals surface area contributed by atoms with E-state index in [0.717, 1.165) is 0 Å². The molecule has 0 aliphatic carbocycles. The van der Waals surface area contributed by atoms with Gasteiger partial charge < -0.3 is 14.9 Å². The van der Waals surface area contributed by atoms with Crippen LogP contribution in [0.4, 0.5) is 0 Å². The fourth-order valence-electron chi connectivity index (χ4n) is 0.534. The van der Waals surface area contributed by atoms with Crippen LogP contribution in [0.5, 0.6) is 0 Å². The van der Waals surface area contributed by atoms with Crippen LogP contribution in [0, 0.1) is 0 Å². The minimum absolute atomic E-state index is 0.120. The summed E-state index contributed by atoms with van der Waals surface area (Å²) in [6.07, 6.45) is 1.49. The van der Waals surface area contributed by atoms with Crippen molar-refractivity contribution in [1.82, 2.24) is 0 Å². The number of aliphatic carboxylic acids is 1. The molecule has 0 fully saturated rings. The number of carboxylic acid groups (broad SMARTS) is 1. The molecule has 0 aromatic heterocycles. The lowest BCUT2D eigenvalue weighted by molar-refractivity contribution is -0.132. The van der Waals surface area contributed by atoms with E-state index >= 15 is 0 Å². The molecular formula is C6H11O6P. The summed E-state index contributed by atoms with van der Waals surface area (Å²) in [4.78, 5) is 26.7. The van der Waals surface area contributed by atoms with Crippen molar-refractivity contribution in [3.63, 3.8) is 0 Å². The van der Waals surface area contributed by atoms with Gasteiger partial charge in [-0.05, 0) is 13.3 Å². The van der Waals surface area contributed by atoms with Gasteiger partial charge in [-0.1, -0.05) is 6.08 Å². The van der Waals surface area contributed by atoms with Gasteiger partial charge in [-0.15, -0.1) is 0 Å². The van der Waals surface area contributed by atoms with Crippen LogP contribution < -0.4 is 0 Å². The van der Waals surface area contributed by atoms with Gasteiger partial charge in [0.05, 0.1) is 6.61 Å². The van der Waals surface area contributed by atoms with E-state index < -0.39 is 13.8 Å². The molecule has 0 saturated heterocycles. The van der Waals surface area contributed by atoms with Crippen LogP contribution in [-0.2, 0) is 13.9 Å². The van der Waals surface area contributed by atoms with Gasteiger partial charge in [0.15, 0.2) is 0 Å². The molecule has 0 unspecified atom stereocenters. The molecule has 0 bridgehead atoms. The Morgan fingerprint density at radius 1 is 1.54 bits per heavy atom. The predicted octanol–water partition coefficient (Wildman–Crippen LogP) is 0.517. The lowest BCUT2D eigenvalue weighted by atomic mass is 10.2. The molecule has 0 spiro atoms. The number of hydrogen-bond acceptors (Lipinski definition) is 3. The molecule has 0 aliphatic heterocycles. The Bertz CT molecular complexity index is 252. The Morgan fingerprint density at radius 2 is 2.08 bits per heavy atom. The van der Waals surface area contributed by atoms with Gasteiger partial charge in [0.2, 0.25) is 0 Å². The fourth-order valence-corrected chi connectivity index (χ4v) is 0.878. The second-order valence-electron chi connectivity index (χ2n) is 2.30. The zero-order valence-electron chi connectivity index (χ0n) is 7.01. The maximum absolute atomic E-state index is 10.2. The average molecular weight is 210 g/mol. The predicted molar refractivity (Wildman–Crippen MR) is 44.0 cm³/mol. The molecule has 0 rings (SSSR count). The molecule has 76 valence electrons. The van der Waals surface area contributed by atoms with Crippen LogP contribution in [0.2, 0.25) is 0 Å². The Labute approximate surface area is 75.1 Å². The summed E-state index contributed by atoms with van der Waals surface area (Å²) in [6, 6.07) is 0. The molecule has 0 radical (unpaired) electrons. The Balaban J connectivity index is 3.75. The third kappa shape index (κ3) is 7.67. The smallest absolute Gasteiger partial charge is 0.469 e. The quantitative estimate of drug-likeness (QED) is 0.347. The van der Waals surface area contributed by atoms with E-state index in [1.54, 1.807) is 0 Å². The van der Waals surface area contributed by atoms with Crippen molar-refractivity contribution in [2.24, 2.45) is 0 Å². The summed E-state index contributed by atoms with van der Waals surface area (Å²) in [5.41, 5.74) is 0.120. The molecule has 13 heavy (non-hydrogen) atoms. The molecule has 0 saturated carbocycles. The molecular weight excluding hydrogens is 199 g/mol. The van der Waals surface area contributed by atoms with E-state index in [1.165, 1.54) is 13.0 Å². The van der Waals surface area contributed by atoms with E-state index in [1.807, 2.05) is 0 Å². The SMILES string of the molecule is C/C(=C\CCOP(=O)(O)O)C(=O)O. The van der Waals surface area contributed by atoms with E-state index in [0.29, 0.717) is 0 Å². The molecule has 0 amide bonds. The van der Waals surface area contributed by atoms with Crippen molar-refractivity contribution in [2.75, 3.05) is 6.61 Å². The van der Waals surface area contributed by atoms with Crippen molar-refractivity contribution in [3.8, 4) is 0 Å². The average Bonchev–Trinajstić information content (AvgIpc) is 1.95. The second-order valence-corrected chi connectivity index (χ2v) is 3.54. The van der Waals surface area contributed by atoms with Gasteiger partial charge in [0, 0.05) is 5.57 Å². The summed E-state index contributed by atoms with van der Waals surface area (Å²) in [5, 5.41) is 8.38. The first-order valence-corrected chi connectivity index (χ1v) is 4.96. The molecule has 6 nitrogen and oxygen atoms in total. The van der Waals surface area contributed by atoms with E-state index in [4.69, 9.17) is 14.9 Å². The minimum Gasteiger partial charge on any atom is -0.478 e. The molecule has 0 aromatic carbocycles. The Morgan fingerprint density at radius 3 is 2.46 bits per heavy atom. The zero-order valence-corrected chi connectivity index (χ0v) is 7.90. The highest BCUT2D eigenvalue weighted by atomic mass is 31.2. The van der Waals surface area contributed by atoms with Crippen LogP contribution in [0.3, 0.4) is 0 Å². The van der Waals surface area contributed by atoms with E-state index in [2.05, 4.69) is 4.52 Å².